The maximum Gasteiger partial charge on any atom is 0.242 e. The molecule has 18 heavy (non-hydrogen) atoms. The second kappa shape index (κ2) is 6.12. The first-order valence-electron chi connectivity index (χ1n) is 5.41. The maximum absolute atomic E-state index is 13.2. The van der Waals surface area contributed by atoms with Crippen molar-refractivity contribution >= 4 is 15.7 Å². The summed E-state index contributed by atoms with van der Waals surface area (Å²) in [7, 11) is -2.26. The summed E-state index contributed by atoms with van der Waals surface area (Å²) < 4.78 is 44.3. The highest BCUT2D eigenvalue weighted by Crippen LogP contribution is 2.20. The Labute approximate surface area is 106 Å². The van der Waals surface area contributed by atoms with Crippen molar-refractivity contribution in [2.75, 3.05) is 26.0 Å². The van der Waals surface area contributed by atoms with Crippen molar-refractivity contribution in [3.05, 3.63) is 24.0 Å². The molecule has 1 unspecified atom stereocenters. The molecule has 0 aliphatic heterocycles. The average molecular weight is 276 g/mol. The number of nitrogen functional groups attached to an aromatic ring is 1. The molecule has 0 aliphatic carbocycles. The van der Waals surface area contributed by atoms with E-state index in [0.717, 1.165) is 6.07 Å². The number of hydrogen-bond donors (Lipinski definition) is 2. The van der Waals surface area contributed by atoms with Crippen molar-refractivity contribution in [3.63, 3.8) is 0 Å². The average Bonchev–Trinajstić information content (AvgIpc) is 2.30. The predicted octanol–water partition coefficient (Wildman–Crippen LogP) is 0.969. The molecule has 0 spiro atoms. The van der Waals surface area contributed by atoms with Gasteiger partial charge in [-0.2, -0.15) is 0 Å². The Kier molecular flexibility index (Phi) is 5.06. The van der Waals surface area contributed by atoms with Crippen LogP contribution in [0.3, 0.4) is 0 Å². The largest absolute Gasteiger partial charge is 0.395 e. The highest BCUT2D eigenvalue weighted by atomic mass is 32.2. The minimum absolute atomic E-state index is 0.0135. The van der Waals surface area contributed by atoms with E-state index in [1.54, 1.807) is 0 Å². The second-order valence-electron chi connectivity index (χ2n) is 4.06. The van der Waals surface area contributed by atoms with E-state index < -0.39 is 15.8 Å². The number of hydrogen-bond acceptors (Lipinski definition) is 4. The van der Waals surface area contributed by atoms with Crippen molar-refractivity contribution < 1.29 is 17.5 Å². The minimum atomic E-state index is -3.80. The summed E-state index contributed by atoms with van der Waals surface area (Å²) in [5.41, 5.74) is 5.04. The second-order valence-corrected chi connectivity index (χ2v) is 5.80. The smallest absolute Gasteiger partial charge is 0.242 e. The van der Waals surface area contributed by atoms with E-state index in [-0.39, 0.29) is 23.0 Å². The van der Waals surface area contributed by atoms with Crippen molar-refractivity contribution in [3.8, 4) is 0 Å². The fourth-order valence-corrected chi connectivity index (χ4v) is 2.73. The third kappa shape index (κ3) is 3.66. The van der Waals surface area contributed by atoms with Crippen LogP contribution in [0.4, 0.5) is 10.1 Å². The van der Waals surface area contributed by atoms with E-state index in [0.29, 0.717) is 6.61 Å². The number of benzene rings is 1. The fraction of sp³-hybridized carbons (Fsp3) is 0.455. The molecule has 0 amide bonds. The summed E-state index contributed by atoms with van der Waals surface area (Å²) in [4.78, 5) is -0.243. The van der Waals surface area contributed by atoms with Crippen LogP contribution in [0.15, 0.2) is 23.1 Å². The lowest BCUT2D eigenvalue weighted by molar-refractivity contribution is 0.161. The number of methoxy groups -OCH3 is 1. The molecular formula is C11H17FN2O3S. The maximum atomic E-state index is 13.2. The van der Waals surface area contributed by atoms with Crippen LogP contribution in [0, 0.1) is 11.7 Å². The third-order valence-corrected chi connectivity index (χ3v) is 3.86. The summed E-state index contributed by atoms with van der Waals surface area (Å²) in [6.45, 7) is 2.47. The zero-order valence-corrected chi connectivity index (χ0v) is 11.1. The monoisotopic (exact) mass is 276 g/mol. The Hall–Kier alpha value is -1.18. The molecule has 0 aliphatic rings. The molecule has 0 saturated heterocycles. The Morgan fingerprint density at radius 1 is 1.50 bits per heavy atom. The molecule has 1 rings (SSSR count). The number of nitrogens with two attached hydrogens (primary N) is 1. The number of para-hydroxylation sites is 1. The molecule has 0 aromatic heterocycles. The van der Waals surface area contributed by atoms with E-state index >= 15 is 0 Å². The molecular weight excluding hydrogens is 259 g/mol. The molecule has 0 heterocycles. The normalized spacial score (nSPS) is 13.5. The molecule has 0 bridgehead atoms. The number of halogens is 1. The van der Waals surface area contributed by atoms with Gasteiger partial charge in [0.15, 0.2) is 0 Å². The molecule has 0 radical (unpaired) electrons. The summed E-state index contributed by atoms with van der Waals surface area (Å²) in [5, 5.41) is 0. The molecule has 1 atom stereocenters. The van der Waals surface area contributed by atoms with Gasteiger partial charge in [-0.15, -0.1) is 0 Å². The molecule has 102 valence electrons. The quantitative estimate of drug-likeness (QED) is 0.759. The van der Waals surface area contributed by atoms with E-state index in [2.05, 4.69) is 4.72 Å². The van der Waals surface area contributed by atoms with Crippen LogP contribution < -0.4 is 10.5 Å². The van der Waals surface area contributed by atoms with Gasteiger partial charge in [0, 0.05) is 20.3 Å². The van der Waals surface area contributed by atoms with E-state index in [1.165, 1.54) is 19.2 Å². The zero-order valence-electron chi connectivity index (χ0n) is 10.3. The minimum Gasteiger partial charge on any atom is -0.395 e. The van der Waals surface area contributed by atoms with Crippen molar-refractivity contribution in [2.45, 2.75) is 11.8 Å². The lowest BCUT2D eigenvalue weighted by Crippen LogP contribution is -2.30. The van der Waals surface area contributed by atoms with Gasteiger partial charge in [-0.05, 0) is 18.1 Å². The van der Waals surface area contributed by atoms with Crippen molar-refractivity contribution in [1.82, 2.24) is 4.72 Å². The third-order valence-electron chi connectivity index (χ3n) is 2.38. The molecule has 5 nitrogen and oxygen atoms in total. The first-order valence-corrected chi connectivity index (χ1v) is 6.89. The Balaban J connectivity index is 2.84. The lowest BCUT2D eigenvalue weighted by atomic mass is 10.2. The van der Waals surface area contributed by atoms with Gasteiger partial charge in [0.25, 0.3) is 0 Å². The van der Waals surface area contributed by atoms with Crippen LogP contribution in [-0.4, -0.2) is 28.7 Å². The number of sulfonamides is 1. The highest BCUT2D eigenvalue weighted by molar-refractivity contribution is 7.89. The van der Waals surface area contributed by atoms with Crippen LogP contribution in [0.25, 0.3) is 0 Å². The first-order chi connectivity index (χ1) is 8.38. The topological polar surface area (TPSA) is 81.4 Å². The van der Waals surface area contributed by atoms with Gasteiger partial charge in [-0.25, -0.2) is 17.5 Å². The predicted molar refractivity (Wildman–Crippen MR) is 67.0 cm³/mol. The summed E-state index contributed by atoms with van der Waals surface area (Å²) in [5.74, 6) is -0.734. The molecule has 7 heteroatoms. The summed E-state index contributed by atoms with van der Waals surface area (Å²) in [6, 6.07) is 3.68. The molecule has 0 fully saturated rings. The van der Waals surface area contributed by atoms with Crippen LogP contribution >= 0.6 is 0 Å². The van der Waals surface area contributed by atoms with E-state index in [9.17, 15) is 12.8 Å². The molecule has 1 aromatic rings. The van der Waals surface area contributed by atoms with E-state index in [1.807, 2.05) is 6.92 Å². The van der Waals surface area contributed by atoms with Gasteiger partial charge < -0.3 is 10.5 Å². The molecule has 1 aromatic carbocycles. The van der Waals surface area contributed by atoms with Gasteiger partial charge in [0.05, 0.1) is 5.69 Å². The van der Waals surface area contributed by atoms with Gasteiger partial charge in [0.2, 0.25) is 10.0 Å². The molecule has 3 N–H and O–H groups in total. The SMILES string of the molecule is COCC(C)CNS(=O)(=O)c1cccc(F)c1N. The Morgan fingerprint density at radius 2 is 2.17 bits per heavy atom. The van der Waals surface area contributed by atoms with Crippen molar-refractivity contribution in [2.24, 2.45) is 5.92 Å². The zero-order chi connectivity index (χ0) is 13.8. The van der Waals surface area contributed by atoms with Crippen LogP contribution in [0.2, 0.25) is 0 Å². The van der Waals surface area contributed by atoms with Gasteiger partial charge in [-0.1, -0.05) is 13.0 Å². The van der Waals surface area contributed by atoms with Crippen LogP contribution in [0.1, 0.15) is 6.92 Å². The summed E-state index contributed by atoms with van der Waals surface area (Å²) in [6.07, 6.45) is 0. The van der Waals surface area contributed by atoms with Crippen molar-refractivity contribution in [1.29, 1.82) is 0 Å². The van der Waals surface area contributed by atoms with E-state index in [4.69, 9.17) is 10.5 Å². The first kappa shape index (κ1) is 14.9. The molecule has 0 saturated carbocycles. The standard InChI is InChI=1S/C11H17FN2O3S/c1-8(7-17-2)6-14-18(15,16)10-5-3-4-9(12)11(10)13/h3-5,8,14H,6-7,13H2,1-2H3. The number of rotatable bonds is 6. The number of anilines is 1. The van der Waals surface area contributed by atoms with Gasteiger partial charge in [0.1, 0.15) is 10.7 Å². The van der Waals surface area contributed by atoms with Crippen LogP contribution in [0.5, 0.6) is 0 Å². The van der Waals surface area contributed by atoms with Crippen LogP contribution in [-0.2, 0) is 14.8 Å². The number of nitrogens with one attached hydrogen (secondary N) is 1. The summed E-state index contributed by atoms with van der Waals surface area (Å²) >= 11 is 0. The van der Waals surface area contributed by atoms with Gasteiger partial charge >= 0.3 is 0 Å². The lowest BCUT2D eigenvalue weighted by Gasteiger charge is -2.13. The Morgan fingerprint density at radius 3 is 2.78 bits per heavy atom. The number of ether oxygens (including phenoxy) is 1. The van der Waals surface area contributed by atoms with Gasteiger partial charge in [-0.3, -0.25) is 0 Å². The Bertz CT molecular complexity index is 505. The highest BCUT2D eigenvalue weighted by Gasteiger charge is 2.19. The fourth-order valence-electron chi connectivity index (χ4n) is 1.42.